The van der Waals surface area contributed by atoms with E-state index in [4.69, 9.17) is 0 Å². The third-order valence-electron chi connectivity index (χ3n) is 4.25. The van der Waals surface area contributed by atoms with Crippen molar-refractivity contribution in [1.29, 1.82) is 0 Å². The molecule has 0 saturated heterocycles. The van der Waals surface area contributed by atoms with Crippen LogP contribution in [0, 0.1) is 11.8 Å². The van der Waals surface area contributed by atoms with Crippen molar-refractivity contribution in [3.63, 3.8) is 0 Å². The number of hydrogen-bond donors (Lipinski definition) is 2. The van der Waals surface area contributed by atoms with Gasteiger partial charge in [-0.1, -0.05) is 42.2 Å². The number of aromatic nitrogens is 1. The molecule has 124 valence electrons. The lowest BCUT2D eigenvalue weighted by atomic mass is 9.93. The molecule has 3 aromatic carbocycles. The minimum Gasteiger partial charge on any atom is -0.478 e. The number of aromatic amines is 1. The maximum atomic E-state index is 11.8. The van der Waals surface area contributed by atoms with Crippen LogP contribution < -0.4 is 0 Å². The van der Waals surface area contributed by atoms with Gasteiger partial charge in [0.05, 0.1) is 5.56 Å². The molecule has 1 aromatic heterocycles. The molecule has 2 N–H and O–H groups in total. The highest BCUT2D eigenvalue weighted by Crippen LogP contribution is 2.30. The van der Waals surface area contributed by atoms with Crippen molar-refractivity contribution in [1.82, 2.24) is 4.98 Å². The summed E-state index contributed by atoms with van der Waals surface area (Å²) in [6.45, 7) is 0. The quantitative estimate of drug-likeness (QED) is 0.509. The largest absolute Gasteiger partial charge is 0.478 e. The molecule has 0 aliphatic carbocycles. The summed E-state index contributed by atoms with van der Waals surface area (Å²) in [7, 11) is 0. The van der Waals surface area contributed by atoms with Crippen LogP contribution in [0.1, 0.15) is 21.5 Å². The average Bonchev–Trinajstić information content (AvgIpc) is 3.14. The number of hydrogen-bond acceptors (Lipinski definition) is 1. The molecule has 0 bridgehead atoms. The number of aromatic carboxylic acids is 1. The molecule has 3 heteroatoms. The van der Waals surface area contributed by atoms with Gasteiger partial charge in [0, 0.05) is 28.4 Å². The van der Waals surface area contributed by atoms with Crippen LogP contribution in [-0.4, -0.2) is 16.1 Å². The Hall–Kier alpha value is -3.77. The molecule has 0 fully saturated rings. The lowest BCUT2D eigenvalue weighted by molar-refractivity contribution is 0.0697. The SMILES string of the molecule is O=C(O)c1cccc(C#Cc2ccccc2)c1-c1ccc2[nH]ccc2c1. The second-order valence-corrected chi connectivity index (χ2v) is 5.93. The molecule has 0 unspecified atom stereocenters. The lowest BCUT2D eigenvalue weighted by Crippen LogP contribution is -2.01. The zero-order chi connectivity index (χ0) is 17.9. The van der Waals surface area contributed by atoms with Crippen molar-refractivity contribution < 1.29 is 9.90 Å². The first-order valence-electron chi connectivity index (χ1n) is 8.23. The maximum Gasteiger partial charge on any atom is 0.336 e. The lowest BCUT2D eigenvalue weighted by Gasteiger charge is -2.10. The smallest absolute Gasteiger partial charge is 0.336 e. The number of carboxylic acid groups (broad SMARTS) is 1. The Morgan fingerprint density at radius 2 is 1.73 bits per heavy atom. The summed E-state index contributed by atoms with van der Waals surface area (Å²) in [5.74, 6) is 5.30. The topological polar surface area (TPSA) is 53.1 Å². The molecule has 26 heavy (non-hydrogen) atoms. The molecular formula is C23H15NO2. The number of benzene rings is 3. The summed E-state index contributed by atoms with van der Waals surface area (Å²) in [5, 5.41) is 10.7. The van der Waals surface area contributed by atoms with Gasteiger partial charge < -0.3 is 10.1 Å². The van der Waals surface area contributed by atoms with Gasteiger partial charge >= 0.3 is 5.97 Å². The van der Waals surface area contributed by atoms with E-state index < -0.39 is 5.97 Å². The van der Waals surface area contributed by atoms with Gasteiger partial charge in [0.25, 0.3) is 0 Å². The summed E-state index contributed by atoms with van der Waals surface area (Å²) in [4.78, 5) is 14.9. The van der Waals surface area contributed by atoms with E-state index in [1.54, 1.807) is 12.1 Å². The van der Waals surface area contributed by atoms with E-state index in [-0.39, 0.29) is 5.56 Å². The first-order valence-corrected chi connectivity index (χ1v) is 8.23. The van der Waals surface area contributed by atoms with Crippen molar-refractivity contribution >= 4 is 16.9 Å². The van der Waals surface area contributed by atoms with Crippen molar-refractivity contribution in [2.45, 2.75) is 0 Å². The summed E-state index contributed by atoms with van der Waals surface area (Å²) in [5.41, 5.74) is 4.33. The first kappa shape index (κ1) is 15.7. The van der Waals surface area contributed by atoms with Gasteiger partial charge in [-0.2, -0.15) is 0 Å². The number of nitrogens with one attached hydrogen (secondary N) is 1. The predicted molar refractivity (Wildman–Crippen MR) is 103 cm³/mol. The maximum absolute atomic E-state index is 11.8. The fourth-order valence-corrected chi connectivity index (χ4v) is 3.02. The second kappa shape index (κ2) is 6.62. The van der Waals surface area contributed by atoms with Crippen LogP contribution in [0.4, 0.5) is 0 Å². The highest BCUT2D eigenvalue weighted by atomic mass is 16.4. The first-order chi connectivity index (χ1) is 12.7. The zero-order valence-corrected chi connectivity index (χ0v) is 13.9. The van der Waals surface area contributed by atoms with Gasteiger partial charge in [-0.3, -0.25) is 0 Å². The Kier molecular flexibility index (Phi) is 4.01. The Balaban J connectivity index is 1.91. The standard InChI is InChI=1S/C23H15NO2/c25-23(26)20-8-4-7-17(10-9-16-5-2-1-3-6-16)22(20)19-11-12-21-18(15-19)13-14-24-21/h1-8,11-15,24H,(H,25,26). The molecule has 0 amide bonds. The van der Waals surface area contributed by atoms with E-state index in [9.17, 15) is 9.90 Å². The highest BCUT2D eigenvalue weighted by Gasteiger charge is 2.15. The monoisotopic (exact) mass is 337 g/mol. The van der Waals surface area contributed by atoms with E-state index in [1.807, 2.05) is 66.9 Å². The van der Waals surface area contributed by atoms with E-state index >= 15 is 0 Å². The Bertz CT molecular complexity index is 1160. The molecule has 4 aromatic rings. The summed E-state index contributed by atoms with van der Waals surface area (Å²) >= 11 is 0. The number of carboxylic acids is 1. The zero-order valence-electron chi connectivity index (χ0n) is 13.9. The molecule has 4 rings (SSSR count). The fraction of sp³-hybridized carbons (Fsp3) is 0. The average molecular weight is 337 g/mol. The van der Waals surface area contributed by atoms with E-state index in [2.05, 4.69) is 16.8 Å². The van der Waals surface area contributed by atoms with Crippen molar-refractivity contribution in [3.8, 4) is 23.0 Å². The van der Waals surface area contributed by atoms with Gasteiger partial charge in [-0.05, 0) is 53.4 Å². The van der Waals surface area contributed by atoms with Crippen LogP contribution in [0.25, 0.3) is 22.0 Å². The van der Waals surface area contributed by atoms with Crippen LogP contribution >= 0.6 is 0 Å². The van der Waals surface area contributed by atoms with Crippen LogP contribution in [0.5, 0.6) is 0 Å². The second-order valence-electron chi connectivity index (χ2n) is 5.93. The highest BCUT2D eigenvalue weighted by molar-refractivity contribution is 5.99. The predicted octanol–water partition coefficient (Wildman–Crippen LogP) is 4.93. The molecule has 0 radical (unpaired) electrons. The van der Waals surface area contributed by atoms with Crippen LogP contribution in [0.3, 0.4) is 0 Å². The van der Waals surface area contributed by atoms with Crippen LogP contribution in [0.15, 0.2) is 79.0 Å². The van der Waals surface area contributed by atoms with Gasteiger partial charge in [0.15, 0.2) is 0 Å². The Morgan fingerprint density at radius 3 is 2.54 bits per heavy atom. The summed E-state index contributed by atoms with van der Waals surface area (Å²) < 4.78 is 0. The normalized spacial score (nSPS) is 10.3. The fourth-order valence-electron chi connectivity index (χ4n) is 3.02. The van der Waals surface area contributed by atoms with Crippen molar-refractivity contribution in [2.24, 2.45) is 0 Å². The molecule has 0 aliphatic heterocycles. The third kappa shape index (κ3) is 2.97. The number of rotatable bonds is 2. The van der Waals surface area contributed by atoms with Gasteiger partial charge in [0.2, 0.25) is 0 Å². The number of carbonyl (C=O) groups is 1. The molecule has 0 atom stereocenters. The van der Waals surface area contributed by atoms with Gasteiger partial charge in [0.1, 0.15) is 0 Å². The minimum atomic E-state index is -0.961. The molecule has 1 heterocycles. The number of fused-ring (bicyclic) bond motifs is 1. The Labute approximate surface area is 150 Å². The number of H-pyrrole nitrogens is 1. The Morgan fingerprint density at radius 1 is 0.885 bits per heavy atom. The third-order valence-corrected chi connectivity index (χ3v) is 4.25. The molecule has 0 aliphatic rings. The van der Waals surface area contributed by atoms with E-state index in [0.717, 1.165) is 22.0 Å². The van der Waals surface area contributed by atoms with Crippen LogP contribution in [0.2, 0.25) is 0 Å². The van der Waals surface area contributed by atoms with E-state index in [0.29, 0.717) is 11.1 Å². The van der Waals surface area contributed by atoms with Crippen molar-refractivity contribution in [3.05, 3.63) is 95.7 Å². The van der Waals surface area contributed by atoms with Crippen molar-refractivity contribution in [2.75, 3.05) is 0 Å². The molecule has 3 nitrogen and oxygen atoms in total. The molecular weight excluding hydrogens is 322 g/mol. The van der Waals surface area contributed by atoms with E-state index in [1.165, 1.54) is 0 Å². The summed E-state index contributed by atoms with van der Waals surface area (Å²) in [6.07, 6.45) is 1.87. The molecule has 0 spiro atoms. The molecule has 0 saturated carbocycles. The summed E-state index contributed by atoms with van der Waals surface area (Å²) in [6, 6.07) is 22.7. The minimum absolute atomic E-state index is 0.250. The van der Waals surface area contributed by atoms with Gasteiger partial charge in [-0.25, -0.2) is 4.79 Å². The van der Waals surface area contributed by atoms with Crippen LogP contribution in [-0.2, 0) is 0 Å². The van der Waals surface area contributed by atoms with Gasteiger partial charge in [-0.15, -0.1) is 0 Å².